The molecule has 6 heteroatoms. The van der Waals surface area contributed by atoms with Gasteiger partial charge in [0.2, 0.25) is 0 Å². The number of benzene rings is 2. The highest BCUT2D eigenvalue weighted by molar-refractivity contribution is 7.09. The molecule has 0 saturated heterocycles. The number of ether oxygens (including phenoxy) is 2. The number of hydrogen-bond donors (Lipinski definition) is 1. The molecule has 1 fully saturated rings. The van der Waals surface area contributed by atoms with Gasteiger partial charge in [-0.3, -0.25) is 4.79 Å². The number of carbonyl (C=O) groups is 1. The Hall–Kier alpha value is -2.99. The molecule has 3 aromatic rings. The smallest absolute Gasteiger partial charge is 0.258 e. The standard InChI is InChI=1S/C23H22N2O3S/c1-27-21-13-15(8-11-20(21)28-14-17-5-4-12-29-17)22-24-19-7-3-2-6-18(19)23(26)25(22)16-9-10-16/h2-8,11-13,16,22,24H,9-10,14H2,1H3/t22-/m1/s1. The number of methoxy groups -OCH3 is 1. The third-order valence-corrected chi connectivity index (χ3v) is 6.21. The third-order valence-electron chi connectivity index (χ3n) is 5.36. The molecule has 2 aromatic carbocycles. The quantitative estimate of drug-likeness (QED) is 0.621. The molecule has 1 aliphatic heterocycles. The van der Waals surface area contributed by atoms with Gasteiger partial charge in [-0.2, -0.15) is 0 Å². The Kier molecular flexibility index (Phi) is 4.64. The number of hydrogen-bond acceptors (Lipinski definition) is 5. The number of carbonyl (C=O) groups excluding carboxylic acids is 1. The lowest BCUT2D eigenvalue weighted by Gasteiger charge is -2.38. The van der Waals surface area contributed by atoms with Crippen LogP contribution in [0.15, 0.2) is 60.0 Å². The molecule has 1 N–H and O–H groups in total. The van der Waals surface area contributed by atoms with Crippen molar-refractivity contribution in [2.24, 2.45) is 0 Å². The topological polar surface area (TPSA) is 50.8 Å². The molecule has 0 unspecified atom stereocenters. The summed E-state index contributed by atoms with van der Waals surface area (Å²) in [5.74, 6) is 1.46. The van der Waals surface area contributed by atoms with Crippen molar-refractivity contribution in [1.82, 2.24) is 4.90 Å². The molecular weight excluding hydrogens is 384 g/mol. The number of nitrogens with one attached hydrogen (secondary N) is 1. The summed E-state index contributed by atoms with van der Waals surface area (Å²) < 4.78 is 11.6. The van der Waals surface area contributed by atoms with E-state index in [1.165, 1.54) is 0 Å². The number of para-hydroxylation sites is 1. The molecule has 1 amide bonds. The fourth-order valence-corrected chi connectivity index (χ4v) is 4.38. The van der Waals surface area contributed by atoms with Crippen molar-refractivity contribution < 1.29 is 14.3 Å². The van der Waals surface area contributed by atoms with Crippen molar-refractivity contribution in [3.63, 3.8) is 0 Å². The van der Waals surface area contributed by atoms with Gasteiger partial charge in [-0.25, -0.2) is 0 Å². The summed E-state index contributed by atoms with van der Waals surface area (Å²) in [5, 5.41) is 5.59. The van der Waals surface area contributed by atoms with Gasteiger partial charge in [-0.15, -0.1) is 11.3 Å². The Bertz CT molecular complexity index is 1030. The highest BCUT2D eigenvalue weighted by Crippen LogP contribution is 2.42. The largest absolute Gasteiger partial charge is 0.493 e. The number of anilines is 1. The minimum atomic E-state index is -0.217. The molecule has 0 radical (unpaired) electrons. The van der Waals surface area contributed by atoms with Gasteiger partial charge in [0.1, 0.15) is 12.8 Å². The van der Waals surface area contributed by atoms with E-state index in [1.807, 2.05) is 64.9 Å². The Labute approximate surface area is 173 Å². The first kappa shape index (κ1) is 18.1. The van der Waals surface area contributed by atoms with Crippen molar-refractivity contribution in [2.75, 3.05) is 12.4 Å². The second-order valence-electron chi connectivity index (χ2n) is 7.31. The van der Waals surface area contributed by atoms with Crippen molar-refractivity contribution in [3.05, 3.63) is 76.0 Å². The predicted octanol–water partition coefficient (Wildman–Crippen LogP) is 5.06. The summed E-state index contributed by atoms with van der Waals surface area (Å²) in [6.45, 7) is 0.509. The Balaban J connectivity index is 1.45. The van der Waals surface area contributed by atoms with Crippen molar-refractivity contribution >= 4 is 22.9 Å². The first-order chi connectivity index (χ1) is 14.2. The van der Waals surface area contributed by atoms with Crippen LogP contribution in [-0.4, -0.2) is 24.0 Å². The van der Waals surface area contributed by atoms with Crippen molar-refractivity contribution in [2.45, 2.75) is 31.7 Å². The van der Waals surface area contributed by atoms with E-state index >= 15 is 0 Å². The third kappa shape index (κ3) is 3.44. The van der Waals surface area contributed by atoms with Crippen LogP contribution in [0.1, 0.15) is 39.8 Å². The maximum Gasteiger partial charge on any atom is 0.258 e. The monoisotopic (exact) mass is 406 g/mol. The molecule has 0 spiro atoms. The highest BCUT2D eigenvalue weighted by Gasteiger charge is 2.42. The molecule has 2 heterocycles. The number of amides is 1. The lowest BCUT2D eigenvalue weighted by molar-refractivity contribution is 0.0666. The molecule has 1 atom stereocenters. The molecule has 5 rings (SSSR count). The zero-order valence-electron chi connectivity index (χ0n) is 16.1. The van der Waals surface area contributed by atoms with Gasteiger partial charge in [-0.05, 0) is 54.1 Å². The second kappa shape index (κ2) is 7.44. The van der Waals surface area contributed by atoms with Crippen LogP contribution in [0.3, 0.4) is 0 Å². The zero-order valence-corrected chi connectivity index (χ0v) is 16.9. The lowest BCUT2D eigenvalue weighted by atomic mass is 10.0. The number of fused-ring (bicyclic) bond motifs is 1. The van der Waals surface area contributed by atoms with Gasteiger partial charge >= 0.3 is 0 Å². The minimum absolute atomic E-state index is 0.0869. The van der Waals surface area contributed by atoms with Gasteiger partial charge in [0.15, 0.2) is 11.5 Å². The summed E-state index contributed by atoms with van der Waals surface area (Å²) in [6, 6.07) is 18.0. The maximum absolute atomic E-state index is 13.2. The van der Waals surface area contributed by atoms with E-state index in [0.717, 1.165) is 34.5 Å². The van der Waals surface area contributed by atoms with E-state index in [9.17, 15) is 4.79 Å². The van der Waals surface area contributed by atoms with Crippen LogP contribution < -0.4 is 14.8 Å². The van der Waals surface area contributed by atoms with E-state index in [-0.39, 0.29) is 18.1 Å². The van der Waals surface area contributed by atoms with Crippen LogP contribution in [0, 0.1) is 0 Å². The fraction of sp³-hybridized carbons (Fsp3) is 0.261. The van der Waals surface area contributed by atoms with E-state index < -0.39 is 0 Å². The average molecular weight is 407 g/mol. The van der Waals surface area contributed by atoms with E-state index in [1.54, 1.807) is 18.4 Å². The molecule has 2 aliphatic rings. The molecule has 0 bridgehead atoms. The maximum atomic E-state index is 13.2. The van der Waals surface area contributed by atoms with Gasteiger partial charge in [0, 0.05) is 16.6 Å². The van der Waals surface area contributed by atoms with Crippen LogP contribution >= 0.6 is 11.3 Å². The molecule has 1 saturated carbocycles. The Morgan fingerprint density at radius 1 is 1.10 bits per heavy atom. The van der Waals surface area contributed by atoms with E-state index in [0.29, 0.717) is 18.1 Å². The number of thiophene rings is 1. The lowest BCUT2D eigenvalue weighted by Crippen LogP contribution is -2.44. The molecule has 1 aliphatic carbocycles. The fourth-order valence-electron chi connectivity index (χ4n) is 3.76. The van der Waals surface area contributed by atoms with Gasteiger partial charge in [0.25, 0.3) is 5.91 Å². The summed E-state index contributed by atoms with van der Waals surface area (Å²) in [6.07, 6.45) is 1.88. The van der Waals surface area contributed by atoms with Crippen LogP contribution in [0.5, 0.6) is 11.5 Å². The van der Waals surface area contributed by atoms with Gasteiger partial charge in [0.05, 0.1) is 12.7 Å². The van der Waals surface area contributed by atoms with E-state index in [4.69, 9.17) is 9.47 Å². The van der Waals surface area contributed by atoms with Crippen LogP contribution in [0.2, 0.25) is 0 Å². The normalized spacial score (nSPS) is 18.2. The van der Waals surface area contributed by atoms with Crippen LogP contribution in [0.25, 0.3) is 0 Å². The molecule has 1 aromatic heterocycles. The van der Waals surface area contributed by atoms with Gasteiger partial charge in [-0.1, -0.05) is 24.3 Å². The molecule has 5 nitrogen and oxygen atoms in total. The van der Waals surface area contributed by atoms with Crippen LogP contribution in [-0.2, 0) is 6.61 Å². The Morgan fingerprint density at radius 2 is 1.97 bits per heavy atom. The summed E-state index contributed by atoms with van der Waals surface area (Å²) in [7, 11) is 1.64. The van der Waals surface area contributed by atoms with Gasteiger partial charge < -0.3 is 19.7 Å². The molecular formula is C23H22N2O3S. The molecule has 29 heavy (non-hydrogen) atoms. The highest BCUT2D eigenvalue weighted by atomic mass is 32.1. The summed E-state index contributed by atoms with van der Waals surface area (Å²) >= 11 is 1.67. The van der Waals surface area contributed by atoms with Crippen molar-refractivity contribution in [3.8, 4) is 11.5 Å². The molecule has 148 valence electrons. The first-order valence-electron chi connectivity index (χ1n) is 9.76. The van der Waals surface area contributed by atoms with Crippen LogP contribution in [0.4, 0.5) is 5.69 Å². The predicted molar refractivity (Wildman–Crippen MR) is 114 cm³/mol. The second-order valence-corrected chi connectivity index (χ2v) is 8.35. The summed E-state index contributed by atoms with van der Waals surface area (Å²) in [5.41, 5.74) is 2.59. The minimum Gasteiger partial charge on any atom is -0.493 e. The SMILES string of the molecule is COc1cc([C@@H]2Nc3ccccc3C(=O)N2C2CC2)ccc1OCc1cccs1. The number of rotatable bonds is 6. The van der Waals surface area contributed by atoms with Crippen molar-refractivity contribution in [1.29, 1.82) is 0 Å². The Morgan fingerprint density at radius 3 is 2.72 bits per heavy atom. The zero-order chi connectivity index (χ0) is 19.8. The van der Waals surface area contributed by atoms with E-state index in [2.05, 4.69) is 5.32 Å². The summed E-state index contributed by atoms with van der Waals surface area (Å²) in [4.78, 5) is 16.3. The number of nitrogens with zero attached hydrogens (tertiary/aromatic N) is 1. The average Bonchev–Trinajstić information content (AvgIpc) is 3.46. The first-order valence-corrected chi connectivity index (χ1v) is 10.6.